The molecule has 1 rings (SSSR count). The molecule has 0 spiro atoms. The van der Waals surface area contributed by atoms with Crippen LogP contribution in [0.4, 0.5) is 5.69 Å². The molecule has 1 aromatic rings. The van der Waals surface area contributed by atoms with E-state index in [-0.39, 0.29) is 0 Å². The van der Waals surface area contributed by atoms with Crippen LogP contribution in [0.5, 0.6) is 0 Å². The van der Waals surface area contributed by atoms with Crippen molar-refractivity contribution in [1.29, 1.82) is 0 Å². The highest BCUT2D eigenvalue weighted by atomic mass is 35.5. The molecule has 0 heterocycles. The van der Waals surface area contributed by atoms with Crippen molar-refractivity contribution in [1.82, 2.24) is 5.32 Å². The average Bonchev–Trinajstić information content (AvgIpc) is 2.04. The summed E-state index contributed by atoms with van der Waals surface area (Å²) >= 11 is 6.09. The van der Waals surface area contributed by atoms with Gasteiger partial charge in [0.05, 0.1) is 10.7 Å². The number of nitrogens with one attached hydrogen (secondary N) is 1. The molecule has 0 amide bonds. The first-order chi connectivity index (χ1) is 6.15. The molecule has 1 N–H and O–H groups in total. The van der Waals surface area contributed by atoms with Gasteiger partial charge in [-0.1, -0.05) is 17.7 Å². The van der Waals surface area contributed by atoms with Crippen LogP contribution in [-0.4, -0.2) is 21.1 Å². The monoisotopic (exact) mass is 198 g/mol. The number of hydrogen-bond donors (Lipinski definition) is 1. The summed E-state index contributed by atoms with van der Waals surface area (Å²) < 4.78 is 0. The summed E-state index contributed by atoms with van der Waals surface area (Å²) in [5, 5.41) is 3.89. The predicted molar refractivity (Wildman–Crippen MR) is 58.5 cm³/mol. The third-order valence-corrected chi connectivity index (χ3v) is 2.18. The van der Waals surface area contributed by atoms with Gasteiger partial charge in [0, 0.05) is 20.6 Å². The lowest BCUT2D eigenvalue weighted by molar-refractivity contribution is 0.818. The standard InChI is InChI=1S/C10H15ClN2/c1-12-7-8-4-5-10(13(2)3)9(11)6-8/h4-6,12H,7H2,1-3H3. The van der Waals surface area contributed by atoms with Crippen LogP contribution in [0.2, 0.25) is 5.02 Å². The Labute approximate surface area is 84.5 Å². The van der Waals surface area contributed by atoms with E-state index < -0.39 is 0 Å². The zero-order chi connectivity index (χ0) is 9.84. The van der Waals surface area contributed by atoms with Crippen molar-refractivity contribution in [3.8, 4) is 0 Å². The lowest BCUT2D eigenvalue weighted by Crippen LogP contribution is -2.10. The molecule has 0 aliphatic heterocycles. The maximum absolute atomic E-state index is 6.09. The van der Waals surface area contributed by atoms with E-state index >= 15 is 0 Å². The van der Waals surface area contributed by atoms with Crippen molar-refractivity contribution in [2.75, 3.05) is 26.0 Å². The molecule has 0 unspecified atom stereocenters. The summed E-state index contributed by atoms with van der Waals surface area (Å²) in [5.74, 6) is 0. The number of rotatable bonds is 3. The van der Waals surface area contributed by atoms with Gasteiger partial charge >= 0.3 is 0 Å². The summed E-state index contributed by atoms with van der Waals surface area (Å²) in [4.78, 5) is 2.01. The zero-order valence-corrected chi connectivity index (χ0v) is 9.02. The predicted octanol–water partition coefficient (Wildman–Crippen LogP) is 2.13. The Morgan fingerprint density at radius 2 is 2.08 bits per heavy atom. The molecule has 0 aliphatic rings. The van der Waals surface area contributed by atoms with Gasteiger partial charge in [0.1, 0.15) is 0 Å². The Bertz CT molecular complexity index is 284. The lowest BCUT2D eigenvalue weighted by atomic mass is 10.2. The van der Waals surface area contributed by atoms with Gasteiger partial charge in [0.25, 0.3) is 0 Å². The van der Waals surface area contributed by atoms with Gasteiger partial charge in [-0.05, 0) is 24.7 Å². The van der Waals surface area contributed by atoms with E-state index in [2.05, 4.69) is 11.4 Å². The SMILES string of the molecule is CNCc1ccc(N(C)C)c(Cl)c1. The maximum Gasteiger partial charge on any atom is 0.0642 e. The Hall–Kier alpha value is -0.730. The fourth-order valence-corrected chi connectivity index (χ4v) is 1.60. The van der Waals surface area contributed by atoms with Crippen LogP contribution in [0.15, 0.2) is 18.2 Å². The van der Waals surface area contributed by atoms with E-state index in [1.54, 1.807) is 0 Å². The van der Waals surface area contributed by atoms with Gasteiger partial charge in [0.2, 0.25) is 0 Å². The molecule has 0 aromatic heterocycles. The van der Waals surface area contributed by atoms with E-state index in [0.29, 0.717) is 0 Å². The Kier molecular flexibility index (Phi) is 3.58. The van der Waals surface area contributed by atoms with E-state index in [1.165, 1.54) is 5.56 Å². The number of benzene rings is 1. The minimum absolute atomic E-state index is 0.803. The molecule has 2 nitrogen and oxygen atoms in total. The van der Waals surface area contributed by atoms with Gasteiger partial charge in [-0.25, -0.2) is 0 Å². The van der Waals surface area contributed by atoms with Gasteiger partial charge in [-0.2, -0.15) is 0 Å². The lowest BCUT2D eigenvalue weighted by Gasteiger charge is -2.14. The third kappa shape index (κ3) is 2.61. The highest BCUT2D eigenvalue weighted by Gasteiger charge is 2.02. The number of halogens is 1. The summed E-state index contributed by atoms with van der Waals surface area (Å²) in [6.07, 6.45) is 0. The summed E-state index contributed by atoms with van der Waals surface area (Å²) in [6.45, 7) is 0.855. The smallest absolute Gasteiger partial charge is 0.0642 e. The second-order valence-electron chi connectivity index (χ2n) is 3.21. The normalized spacial score (nSPS) is 10.2. The molecule has 0 saturated heterocycles. The van der Waals surface area contributed by atoms with Crippen molar-refractivity contribution in [3.63, 3.8) is 0 Å². The van der Waals surface area contributed by atoms with Crippen LogP contribution in [0.1, 0.15) is 5.56 Å². The molecule has 1 aromatic carbocycles. The topological polar surface area (TPSA) is 15.3 Å². The second kappa shape index (κ2) is 4.49. The highest BCUT2D eigenvalue weighted by Crippen LogP contribution is 2.24. The van der Waals surface area contributed by atoms with Crippen LogP contribution < -0.4 is 10.2 Å². The van der Waals surface area contributed by atoms with Crippen molar-refractivity contribution in [2.24, 2.45) is 0 Å². The molecule has 0 saturated carbocycles. The fraction of sp³-hybridized carbons (Fsp3) is 0.400. The molecule has 0 fully saturated rings. The third-order valence-electron chi connectivity index (χ3n) is 1.87. The zero-order valence-electron chi connectivity index (χ0n) is 8.26. The van der Waals surface area contributed by atoms with E-state index in [1.807, 2.05) is 38.2 Å². The minimum atomic E-state index is 0.803. The van der Waals surface area contributed by atoms with Gasteiger partial charge in [0.15, 0.2) is 0 Å². The van der Waals surface area contributed by atoms with Crippen molar-refractivity contribution >= 4 is 17.3 Å². The maximum atomic E-state index is 6.09. The van der Waals surface area contributed by atoms with Crippen molar-refractivity contribution in [2.45, 2.75) is 6.54 Å². The summed E-state index contributed by atoms with van der Waals surface area (Å²) in [7, 11) is 5.89. The molecular weight excluding hydrogens is 184 g/mol. The Morgan fingerprint density at radius 1 is 1.38 bits per heavy atom. The first-order valence-electron chi connectivity index (χ1n) is 4.25. The largest absolute Gasteiger partial charge is 0.376 e. The van der Waals surface area contributed by atoms with Gasteiger partial charge < -0.3 is 10.2 Å². The summed E-state index contributed by atoms with van der Waals surface area (Å²) in [6, 6.07) is 6.11. The molecule has 0 aliphatic carbocycles. The van der Waals surface area contributed by atoms with E-state index in [4.69, 9.17) is 11.6 Å². The quantitative estimate of drug-likeness (QED) is 0.801. The molecular formula is C10H15ClN2. The first kappa shape index (κ1) is 10.4. The van der Waals surface area contributed by atoms with Crippen LogP contribution in [0.25, 0.3) is 0 Å². The van der Waals surface area contributed by atoms with Crippen LogP contribution >= 0.6 is 11.6 Å². The van der Waals surface area contributed by atoms with Gasteiger partial charge in [-0.15, -0.1) is 0 Å². The van der Waals surface area contributed by atoms with Crippen LogP contribution in [-0.2, 0) is 6.54 Å². The molecule has 0 atom stereocenters. The summed E-state index contributed by atoms with van der Waals surface area (Å²) in [5.41, 5.74) is 2.26. The molecule has 13 heavy (non-hydrogen) atoms. The molecule has 0 radical (unpaired) electrons. The van der Waals surface area contributed by atoms with Crippen molar-refractivity contribution < 1.29 is 0 Å². The Morgan fingerprint density at radius 3 is 2.54 bits per heavy atom. The van der Waals surface area contributed by atoms with E-state index in [9.17, 15) is 0 Å². The van der Waals surface area contributed by atoms with Crippen LogP contribution in [0, 0.1) is 0 Å². The Balaban J connectivity index is 2.92. The fourth-order valence-electron chi connectivity index (χ4n) is 1.23. The molecule has 0 bridgehead atoms. The van der Waals surface area contributed by atoms with Gasteiger partial charge in [-0.3, -0.25) is 0 Å². The average molecular weight is 199 g/mol. The molecule has 3 heteroatoms. The second-order valence-corrected chi connectivity index (χ2v) is 3.62. The van der Waals surface area contributed by atoms with E-state index in [0.717, 1.165) is 17.3 Å². The van der Waals surface area contributed by atoms with Crippen LogP contribution in [0.3, 0.4) is 0 Å². The number of nitrogens with zero attached hydrogens (tertiary/aromatic N) is 1. The number of hydrogen-bond acceptors (Lipinski definition) is 2. The molecule has 72 valence electrons. The number of anilines is 1. The minimum Gasteiger partial charge on any atom is -0.376 e. The first-order valence-corrected chi connectivity index (χ1v) is 4.63. The highest BCUT2D eigenvalue weighted by molar-refractivity contribution is 6.33. The van der Waals surface area contributed by atoms with Crippen molar-refractivity contribution in [3.05, 3.63) is 28.8 Å².